The Morgan fingerprint density at radius 1 is 1.33 bits per heavy atom. The summed E-state index contributed by atoms with van der Waals surface area (Å²) in [6.07, 6.45) is 5.66. The van der Waals surface area contributed by atoms with Crippen molar-refractivity contribution < 1.29 is 14.6 Å². The highest BCUT2D eigenvalue weighted by molar-refractivity contribution is 7.38. The summed E-state index contributed by atoms with van der Waals surface area (Å²) in [5.74, 6) is 0. The van der Waals surface area contributed by atoms with Gasteiger partial charge in [-0.1, -0.05) is 19.3 Å². The molecule has 4 nitrogen and oxygen atoms in total. The zero-order valence-corrected chi connectivity index (χ0v) is 9.96. The number of aliphatic hydroxyl groups is 1. The molecule has 0 aromatic carbocycles. The molecule has 0 heterocycles. The predicted octanol–water partition coefficient (Wildman–Crippen LogP) is 1.38. The van der Waals surface area contributed by atoms with E-state index in [-0.39, 0.29) is 12.0 Å². The van der Waals surface area contributed by atoms with Gasteiger partial charge in [0.15, 0.2) is 6.16 Å². The van der Waals surface area contributed by atoms with Crippen LogP contribution in [0.4, 0.5) is 0 Å². The Hall–Kier alpha value is -0.0200. The lowest BCUT2D eigenvalue weighted by Gasteiger charge is -2.34. The first-order valence-electron chi connectivity index (χ1n) is 5.60. The van der Waals surface area contributed by atoms with Gasteiger partial charge in [-0.25, -0.2) is 0 Å². The summed E-state index contributed by atoms with van der Waals surface area (Å²) in [4.78, 5) is 9.05. The Kier molecular flexibility index (Phi) is 5.13. The predicted molar refractivity (Wildman–Crippen MR) is 59.9 cm³/mol. The maximum atomic E-state index is 11.0. The smallest absolute Gasteiger partial charge is 0.392 e. The second-order valence-electron chi connectivity index (χ2n) is 4.66. The molecule has 0 saturated heterocycles. The first-order valence-corrected chi connectivity index (χ1v) is 6.99. The van der Waals surface area contributed by atoms with Crippen LogP contribution in [0.25, 0.3) is 0 Å². The summed E-state index contributed by atoms with van der Waals surface area (Å²) in [5, 5.41) is 9.59. The van der Waals surface area contributed by atoms with E-state index in [4.69, 9.17) is 10.6 Å². The van der Waals surface area contributed by atoms with Crippen LogP contribution in [0.1, 0.15) is 38.5 Å². The van der Waals surface area contributed by atoms with Crippen molar-refractivity contribution in [3.63, 3.8) is 0 Å². The number of hydrogen-bond acceptors (Lipinski definition) is 3. The first kappa shape index (κ1) is 13.0. The van der Waals surface area contributed by atoms with E-state index in [1.165, 1.54) is 6.42 Å². The molecular formula is C10H21NO3P+. The zero-order chi connectivity index (χ0) is 11.3. The highest BCUT2D eigenvalue weighted by atomic mass is 31.1. The lowest BCUT2D eigenvalue weighted by Crippen LogP contribution is -2.34. The monoisotopic (exact) mass is 234 g/mol. The molecular weight excluding hydrogens is 213 g/mol. The molecule has 15 heavy (non-hydrogen) atoms. The molecule has 1 saturated carbocycles. The van der Waals surface area contributed by atoms with E-state index in [2.05, 4.69) is 0 Å². The largest absolute Gasteiger partial charge is 0.506 e. The van der Waals surface area contributed by atoms with Gasteiger partial charge in [-0.3, -0.25) is 0 Å². The van der Waals surface area contributed by atoms with Gasteiger partial charge in [-0.15, -0.1) is 0 Å². The molecule has 0 aromatic rings. The normalized spacial score (nSPS) is 23.5. The fourth-order valence-electron chi connectivity index (χ4n) is 2.60. The fraction of sp³-hybridized carbons (Fsp3) is 1.00. The van der Waals surface area contributed by atoms with Gasteiger partial charge in [0.2, 0.25) is 0 Å². The highest BCUT2D eigenvalue weighted by Gasteiger charge is 2.40. The van der Waals surface area contributed by atoms with Crippen molar-refractivity contribution in [1.29, 1.82) is 0 Å². The number of hydrogen-bond donors (Lipinski definition) is 3. The van der Waals surface area contributed by atoms with E-state index in [1.807, 2.05) is 0 Å². The Labute approximate surface area is 91.7 Å². The lowest BCUT2D eigenvalue weighted by molar-refractivity contribution is 0.0878. The summed E-state index contributed by atoms with van der Waals surface area (Å²) in [6.45, 7) is 0.240. The summed E-state index contributed by atoms with van der Waals surface area (Å²) >= 11 is 0. The Morgan fingerprint density at radius 3 is 2.40 bits per heavy atom. The molecule has 5 heteroatoms. The lowest BCUT2D eigenvalue weighted by atomic mass is 9.72. The summed E-state index contributed by atoms with van der Waals surface area (Å²) < 4.78 is 11.0. The molecule has 2 atom stereocenters. The quantitative estimate of drug-likeness (QED) is 0.627. The SMILES string of the molecule is NC[C@H](O)CC1(C[P+](=O)O)CCCCC1. The topological polar surface area (TPSA) is 83.5 Å². The van der Waals surface area contributed by atoms with E-state index in [0.29, 0.717) is 12.6 Å². The molecule has 1 aliphatic carbocycles. The Bertz CT molecular complexity index is 217. The molecule has 0 amide bonds. The average Bonchev–Trinajstić information content (AvgIpc) is 2.17. The fourth-order valence-corrected chi connectivity index (χ4v) is 3.62. The third kappa shape index (κ3) is 4.15. The van der Waals surface area contributed by atoms with Gasteiger partial charge in [0.25, 0.3) is 0 Å². The van der Waals surface area contributed by atoms with Crippen molar-refractivity contribution in [1.82, 2.24) is 0 Å². The molecule has 1 fully saturated rings. The summed E-state index contributed by atoms with van der Waals surface area (Å²) in [6, 6.07) is 0. The number of rotatable bonds is 5. The summed E-state index contributed by atoms with van der Waals surface area (Å²) in [5.41, 5.74) is 5.25. The van der Waals surface area contributed by atoms with Crippen LogP contribution in [-0.4, -0.2) is 28.8 Å². The molecule has 0 bridgehead atoms. The van der Waals surface area contributed by atoms with Gasteiger partial charge >= 0.3 is 8.03 Å². The molecule has 88 valence electrons. The molecule has 1 aliphatic rings. The van der Waals surface area contributed by atoms with Crippen LogP contribution in [0.15, 0.2) is 0 Å². The minimum atomic E-state index is -2.11. The third-order valence-electron chi connectivity index (χ3n) is 3.33. The molecule has 1 unspecified atom stereocenters. The van der Waals surface area contributed by atoms with Crippen LogP contribution in [0.2, 0.25) is 0 Å². The second-order valence-corrected chi connectivity index (χ2v) is 5.69. The molecule has 4 N–H and O–H groups in total. The van der Waals surface area contributed by atoms with Crippen molar-refractivity contribution in [2.75, 3.05) is 12.7 Å². The van der Waals surface area contributed by atoms with Crippen molar-refractivity contribution in [3.8, 4) is 0 Å². The van der Waals surface area contributed by atoms with E-state index in [0.717, 1.165) is 25.7 Å². The van der Waals surface area contributed by atoms with E-state index in [9.17, 15) is 9.67 Å². The van der Waals surface area contributed by atoms with Gasteiger partial charge in [-0.05, 0) is 23.8 Å². The first-order chi connectivity index (χ1) is 7.08. The number of aliphatic hydroxyl groups excluding tert-OH is 1. The minimum Gasteiger partial charge on any atom is -0.392 e. The average molecular weight is 234 g/mol. The van der Waals surface area contributed by atoms with Crippen LogP contribution < -0.4 is 5.73 Å². The molecule has 0 aliphatic heterocycles. The third-order valence-corrected chi connectivity index (χ3v) is 4.27. The molecule has 0 radical (unpaired) electrons. The van der Waals surface area contributed by atoms with E-state index in [1.54, 1.807) is 0 Å². The van der Waals surface area contributed by atoms with Crippen LogP contribution in [0.5, 0.6) is 0 Å². The van der Waals surface area contributed by atoms with Gasteiger partial charge in [-0.2, -0.15) is 4.89 Å². The van der Waals surface area contributed by atoms with Crippen LogP contribution in [0.3, 0.4) is 0 Å². The minimum absolute atomic E-state index is 0.140. The van der Waals surface area contributed by atoms with Gasteiger partial charge in [0.1, 0.15) is 0 Å². The van der Waals surface area contributed by atoms with Crippen LogP contribution in [0, 0.1) is 5.41 Å². The van der Waals surface area contributed by atoms with Gasteiger partial charge in [0, 0.05) is 12.0 Å². The second kappa shape index (κ2) is 5.90. The van der Waals surface area contributed by atoms with Crippen LogP contribution in [-0.2, 0) is 4.57 Å². The Morgan fingerprint density at radius 2 is 1.93 bits per heavy atom. The molecule has 1 rings (SSSR count). The maximum Gasteiger partial charge on any atom is 0.506 e. The van der Waals surface area contributed by atoms with E-state index < -0.39 is 14.1 Å². The zero-order valence-electron chi connectivity index (χ0n) is 9.06. The van der Waals surface area contributed by atoms with Crippen LogP contribution >= 0.6 is 8.03 Å². The van der Waals surface area contributed by atoms with E-state index >= 15 is 0 Å². The molecule has 0 spiro atoms. The van der Waals surface area contributed by atoms with Crippen molar-refractivity contribution in [3.05, 3.63) is 0 Å². The van der Waals surface area contributed by atoms with Crippen molar-refractivity contribution in [2.24, 2.45) is 11.1 Å². The Balaban J connectivity index is 2.61. The molecule has 0 aromatic heterocycles. The standard InChI is InChI=1S/C10H20NO3P/c11-7-9(12)6-10(8-15(13)14)4-2-1-3-5-10/h9,12H,1-8,11H2/p+1/t9-/m1/s1. The maximum absolute atomic E-state index is 11.0. The van der Waals surface area contributed by atoms with Gasteiger partial charge in [0.05, 0.1) is 6.10 Å². The number of nitrogens with two attached hydrogens (primary N) is 1. The van der Waals surface area contributed by atoms with Crippen molar-refractivity contribution >= 4 is 8.03 Å². The summed E-state index contributed by atoms with van der Waals surface area (Å²) in [7, 11) is -2.11. The van der Waals surface area contributed by atoms with Crippen molar-refractivity contribution in [2.45, 2.75) is 44.6 Å². The van der Waals surface area contributed by atoms with Gasteiger partial charge < -0.3 is 10.8 Å². The highest BCUT2D eigenvalue weighted by Crippen LogP contribution is 2.44.